The second kappa shape index (κ2) is 14.3. The fourth-order valence-corrected chi connectivity index (χ4v) is 3.19. The molecule has 1 aliphatic rings. The summed E-state index contributed by atoms with van der Waals surface area (Å²) in [6.45, 7) is 7.71. The second-order valence-electron chi connectivity index (χ2n) is 6.47. The van der Waals surface area contributed by atoms with E-state index in [1.54, 1.807) is 13.4 Å². The summed E-state index contributed by atoms with van der Waals surface area (Å²) in [7, 11) is 1.75. The molecule has 26 heavy (non-hydrogen) atoms. The number of nitrogens with one attached hydrogen (secondary N) is 2. The van der Waals surface area contributed by atoms with E-state index in [9.17, 15) is 0 Å². The minimum absolute atomic E-state index is 0. The number of methoxy groups -OCH3 is 1. The third-order valence-corrected chi connectivity index (χ3v) is 4.54. The summed E-state index contributed by atoms with van der Waals surface area (Å²) in [6, 6.07) is 4.26. The van der Waals surface area contributed by atoms with Crippen LogP contribution < -0.4 is 10.6 Å². The monoisotopic (exact) mass is 478 g/mol. The summed E-state index contributed by atoms with van der Waals surface area (Å²) in [5, 5.41) is 6.78. The Hall–Kier alpha value is -0.800. The lowest BCUT2D eigenvalue weighted by Gasteiger charge is -2.24. The summed E-state index contributed by atoms with van der Waals surface area (Å²) in [5.74, 6) is 1.91. The third kappa shape index (κ3) is 8.26. The predicted molar refractivity (Wildman–Crippen MR) is 117 cm³/mol. The number of aliphatic imine (C=N–C) groups is 1. The summed E-state index contributed by atoms with van der Waals surface area (Å²) in [6.07, 6.45) is 7.69. The molecular formula is C19H35IN4O2. The molecule has 6 nitrogen and oxygen atoms in total. The third-order valence-electron chi connectivity index (χ3n) is 4.54. The van der Waals surface area contributed by atoms with Crippen molar-refractivity contribution >= 4 is 29.9 Å². The maximum absolute atomic E-state index is 5.67. The Labute approximate surface area is 175 Å². The smallest absolute Gasteiger partial charge is 0.191 e. The first kappa shape index (κ1) is 23.2. The van der Waals surface area contributed by atoms with Crippen molar-refractivity contribution in [1.82, 2.24) is 15.5 Å². The number of hydrogen-bond donors (Lipinski definition) is 2. The fraction of sp³-hybridized carbons (Fsp3) is 0.737. The van der Waals surface area contributed by atoms with Gasteiger partial charge in [-0.3, -0.25) is 9.89 Å². The van der Waals surface area contributed by atoms with Crippen molar-refractivity contribution in [2.75, 3.05) is 46.4 Å². The Morgan fingerprint density at radius 2 is 2.08 bits per heavy atom. The molecule has 1 aromatic rings. The number of furan rings is 1. The zero-order valence-electron chi connectivity index (χ0n) is 16.2. The first-order valence-corrected chi connectivity index (χ1v) is 9.63. The molecule has 2 heterocycles. The van der Waals surface area contributed by atoms with Gasteiger partial charge < -0.3 is 19.8 Å². The molecule has 2 rings (SSSR count). The van der Waals surface area contributed by atoms with Crippen LogP contribution >= 0.6 is 24.0 Å². The quantitative estimate of drug-likeness (QED) is 0.221. The number of likely N-dealkylation sites (tertiary alicyclic amines) is 1. The van der Waals surface area contributed by atoms with Gasteiger partial charge in [0, 0.05) is 26.8 Å². The van der Waals surface area contributed by atoms with E-state index in [4.69, 9.17) is 14.1 Å². The topological polar surface area (TPSA) is 62.0 Å². The molecule has 150 valence electrons. The lowest BCUT2D eigenvalue weighted by Crippen LogP contribution is -2.38. The average molecular weight is 478 g/mol. The van der Waals surface area contributed by atoms with Gasteiger partial charge in [0.2, 0.25) is 0 Å². The van der Waals surface area contributed by atoms with Gasteiger partial charge in [0.15, 0.2) is 5.96 Å². The summed E-state index contributed by atoms with van der Waals surface area (Å²) in [4.78, 5) is 7.30. The molecule has 0 spiro atoms. The Kier molecular flexibility index (Phi) is 12.8. The number of nitrogens with zero attached hydrogens (tertiary/aromatic N) is 2. The van der Waals surface area contributed by atoms with E-state index in [1.165, 1.54) is 19.3 Å². The molecule has 1 aliphatic heterocycles. The Morgan fingerprint density at radius 3 is 2.73 bits per heavy atom. The maximum atomic E-state index is 5.67. The number of guanidine groups is 1. The Balaban J connectivity index is 0.00000338. The van der Waals surface area contributed by atoms with Crippen molar-refractivity contribution in [1.29, 1.82) is 0 Å². The van der Waals surface area contributed by atoms with Crippen LogP contribution in [0.1, 0.15) is 50.8 Å². The van der Waals surface area contributed by atoms with Gasteiger partial charge in [-0.15, -0.1) is 24.0 Å². The molecule has 0 aliphatic carbocycles. The number of rotatable bonds is 11. The molecule has 0 bridgehead atoms. The zero-order valence-corrected chi connectivity index (χ0v) is 18.5. The number of ether oxygens (including phenoxy) is 1. The maximum Gasteiger partial charge on any atom is 0.191 e. The zero-order chi connectivity index (χ0) is 17.7. The van der Waals surface area contributed by atoms with Crippen molar-refractivity contribution in [2.24, 2.45) is 4.99 Å². The molecule has 7 heteroatoms. The van der Waals surface area contributed by atoms with Crippen molar-refractivity contribution in [2.45, 2.75) is 45.1 Å². The highest BCUT2D eigenvalue weighted by Crippen LogP contribution is 2.25. The molecule has 0 radical (unpaired) electrons. The summed E-state index contributed by atoms with van der Waals surface area (Å²) in [5.41, 5.74) is 0. The lowest BCUT2D eigenvalue weighted by molar-refractivity contribution is 0.192. The molecule has 1 atom stereocenters. The van der Waals surface area contributed by atoms with E-state index in [0.717, 1.165) is 57.3 Å². The molecule has 0 amide bonds. The van der Waals surface area contributed by atoms with Crippen LogP contribution in [0.3, 0.4) is 0 Å². The number of hydrogen-bond acceptors (Lipinski definition) is 4. The van der Waals surface area contributed by atoms with E-state index in [0.29, 0.717) is 6.54 Å². The normalized spacial score (nSPS) is 16.3. The largest absolute Gasteiger partial charge is 0.468 e. The van der Waals surface area contributed by atoms with Crippen LogP contribution in [-0.2, 0) is 4.74 Å². The average Bonchev–Trinajstić information content (AvgIpc) is 3.32. The molecule has 1 fully saturated rings. The van der Waals surface area contributed by atoms with Gasteiger partial charge in [0.25, 0.3) is 0 Å². The fourth-order valence-electron chi connectivity index (χ4n) is 3.19. The SMILES string of the molecule is CCNC(=NCC(c1ccco1)N1CCCC1)NCCCCCOC.I. The van der Waals surface area contributed by atoms with Crippen LogP contribution in [0.15, 0.2) is 27.8 Å². The molecule has 2 N–H and O–H groups in total. The van der Waals surface area contributed by atoms with Gasteiger partial charge in [-0.1, -0.05) is 0 Å². The highest BCUT2D eigenvalue weighted by Gasteiger charge is 2.25. The van der Waals surface area contributed by atoms with E-state index in [-0.39, 0.29) is 30.0 Å². The predicted octanol–water partition coefficient (Wildman–Crippen LogP) is 3.41. The highest BCUT2D eigenvalue weighted by molar-refractivity contribution is 14.0. The number of unbranched alkanes of at least 4 members (excludes halogenated alkanes) is 2. The highest BCUT2D eigenvalue weighted by atomic mass is 127. The molecule has 0 saturated carbocycles. The molecular weight excluding hydrogens is 443 g/mol. The Bertz CT molecular complexity index is 476. The first-order chi connectivity index (χ1) is 12.3. The van der Waals surface area contributed by atoms with E-state index >= 15 is 0 Å². The van der Waals surface area contributed by atoms with Gasteiger partial charge in [-0.05, 0) is 64.3 Å². The molecule has 1 saturated heterocycles. The van der Waals surface area contributed by atoms with Gasteiger partial charge in [0.05, 0.1) is 18.8 Å². The second-order valence-corrected chi connectivity index (χ2v) is 6.47. The van der Waals surface area contributed by atoms with Gasteiger partial charge in [-0.2, -0.15) is 0 Å². The summed E-state index contributed by atoms with van der Waals surface area (Å²) < 4.78 is 10.8. The summed E-state index contributed by atoms with van der Waals surface area (Å²) >= 11 is 0. The van der Waals surface area contributed by atoms with Crippen LogP contribution in [0.5, 0.6) is 0 Å². The first-order valence-electron chi connectivity index (χ1n) is 9.63. The van der Waals surface area contributed by atoms with Crippen LogP contribution in [0.25, 0.3) is 0 Å². The van der Waals surface area contributed by atoms with E-state index in [2.05, 4.69) is 28.5 Å². The van der Waals surface area contributed by atoms with Gasteiger partial charge in [0.1, 0.15) is 5.76 Å². The van der Waals surface area contributed by atoms with Crippen molar-refractivity contribution in [3.8, 4) is 0 Å². The van der Waals surface area contributed by atoms with Crippen molar-refractivity contribution in [3.63, 3.8) is 0 Å². The van der Waals surface area contributed by atoms with Crippen LogP contribution in [0.2, 0.25) is 0 Å². The molecule has 0 aromatic carbocycles. The molecule has 1 aromatic heterocycles. The lowest BCUT2D eigenvalue weighted by atomic mass is 10.2. The van der Waals surface area contributed by atoms with Gasteiger partial charge >= 0.3 is 0 Å². The van der Waals surface area contributed by atoms with Crippen molar-refractivity contribution in [3.05, 3.63) is 24.2 Å². The van der Waals surface area contributed by atoms with E-state index in [1.807, 2.05) is 6.07 Å². The minimum Gasteiger partial charge on any atom is -0.468 e. The standard InChI is InChI=1S/C19H34N4O2.HI/c1-3-20-19(21-11-5-4-8-14-24-2)22-16-17(18-10-9-15-25-18)23-12-6-7-13-23;/h9-10,15,17H,3-8,11-14,16H2,1-2H3,(H2,20,21,22);1H. The Morgan fingerprint density at radius 1 is 1.27 bits per heavy atom. The number of halogens is 1. The van der Waals surface area contributed by atoms with Crippen LogP contribution in [-0.4, -0.2) is 57.3 Å². The van der Waals surface area contributed by atoms with Gasteiger partial charge in [-0.25, -0.2) is 0 Å². The molecule has 1 unspecified atom stereocenters. The van der Waals surface area contributed by atoms with Crippen molar-refractivity contribution < 1.29 is 9.15 Å². The minimum atomic E-state index is 0. The van der Waals surface area contributed by atoms with Crippen LogP contribution in [0.4, 0.5) is 0 Å². The van der Waals surface area contributed by atoms with Crippen LogP contribution in [0, 0.1) is 0 Å². The van der Waals surface area contributed by atoms with E-state index < -0.39 is 0 Å².